The molecule has 6 nitrogen and oxygen atoms in total. The third-order valence-corrected chi connectivity index (χ3v) is 3.75. The Balaban J connectivity index is 1.62. The van der Waals surface area contributed by atoms with Crippen molar-refractivity contribution < 1.29 is 4.79 Å². The molecule has 1 saturated heterocycles. The van der Waals surface area contributed by atoms with Crippen molar-refractivity contribution in [3.8, 4) is 0 Å². The lowest BCUT2D eigenvalue weighted by Crippen LogP contribution is -2.52. The molecule has 2 fully saturated rings. The van der Waals surface area contributed by atoms with Crippen molar-refractivity contribution in [3.05, 3.63) is 11.6 Å². The van der Waals surface area contributed by atoms with Gasteiger partial charge in [-0.1, -0.05) is 0 Å². The SMILES string of the molecule is CC1NCCCC1NC(=O)c1n[nH]c(C2CC2)n1. The Labute approximate surface area is 106 Å². The monoisotopic (exact) mass is 249 g/mol. The van der Waals surface area contributed by atoms with Gasteiger partial charge in [0.2, 0.25) is 5.82 Å². The van der Waals surface area contributed by atoms with Gasteiger partial charge in [0.1, 0.15) is 5.82 Å². The van der Waals surface area contributed by atoms with Crippen molar-refractivity contribution in [1.82, 2.24) is 25.8 Å². The van der Waals surface area contributed by atoms with Crippen LogP contribution in [0, 0.1) is 0 Å². The van der Waals surface area contributed by atoms with Crippen LogP contribution in [0.25, 0.3) is 0 Å². The summed E-state index contributed by atoms with van der Waals surface area (Å²) in [5, 5.41) is 13.2. The summed E-state index contributed by atoms with van der Waals surface area (Å²) in [4.78, 5) is 16.3. The van der Waals surface area contributed by atoms with Crippen LogP contribution in [-0.2, 0) is 0 Å². The van der Waals surface area contributed by atoms with E-state index >= 15 is 0 Å². The van der Waals surface area contributed by atoms with Gasteiger partial charge in [-0.05, 0) is 39.2 Å². The molecule has 2 unspecified atom stereocenters. The number of hydrogen-bond acceptors (Lipinski definition) is 4. The minimum Gasteiger partial charge on any atom is -0.345 e. The highest BCUT2D eigenvalue weighted by atomic mass is 16.2. The molecule has 3 rings (SSSR count). The molecule has 1 aliphatic carbocycles. The third kappa shape index (κ3) is 2.38. The van der Waals surface area contributed by atoms with Crippen molar-refractivity contribution in [1.29, 1.82) is 0 Å². The number of amides is 1. The zero-order valence-electron chi connectivity index (χ0n) is 10.6. The van der Waals surface area contributed by atoms with Gasteiger partial charge >= 0.3 is 0 Å². The van der Waals surface area contributed by atoms with E-state index < -0.39 is 0 Å². The Bertz CT molecular complexity index is 439. The van der Waals surface area contributed by atoms with Crippen LogP contribution in [0.5, 0.6) is 0 Å². The molecule has 0 spiro atoms. The van der Waals surface area contributed by atoms with Gasteiger partial charge in [0.25, 0.3) is 5.91 Å². The van der Waals surface area contributed by atoms with Crippen molar-refractivity contribution in [2.45, 2.75) is 50.6 Å². The first-order chi connectivity index (χ1) is 8.74. The maximum absolute atomic E-state index is 12.0. The van der Waals surface area contributed by atoms with Crippen LogP contribution in [-0.4, -0.2) is 39.7 Å². The van der Waals surface area contributed by atoms with E-state index in [1.807, 2.05) is 0 Å². The summed E-state index contributed by atoms with van der Waals surface area (Å²) in [6.45, 7) is 3.12. The van der Waals surface area contributed by atoms with Gasteiger partial charge in [0.05, 0.1) is 0 Å². The van der Waals surface area contributed by atoms with E-state index in [2.05, 4.69) is 32.7 Å². The van der Waals surface area contributed by atoms with Gasteiger partial charge in [-0.2, -0.15) is 0 Å². The number of nitrogens with zero attached hydrogens (tertiary/aromatic N) is 2. The van der Waals surface area contributed by atoms with E-state index in [0.29, 0.717) is 12.0 Å². The Morgan fingerprint density at radius 2 is 2.22 bits per heavy atom. The predicted molar refractivity (Wildman–Crippen MR) is 66.3 cm³/mol. The topological polar surface area (TPSA) is 82.7 Å². The van der Waals surface area contributed by atoms with Crippen molar-refractivity contribution in [2.24, 2.45) is 0 Å². The molecule has 2 heterocycles. The van der Waals surface area contributed by atoms with E-state index in [9.17, 15) is 4.79 Å². The standard InChI is InChI=1S/C12H19N5O/c1-7-9(3-2-6-13-7)14-12(18)11-15-10(16-17-11)8-4-5-8/h7-9,13H,2-6H2,1H3,(H,14,18)(H,15,16,17). The van der Waals surface area contributed by atoms with Crippen LogP contribution in [0.2, 0.25) is 0 Å². The third-order valence-electron chi connectivity index (χ3n) is 3.75. The number of nitrogens with one attached hydrogen (secondary N) is 3. The summed E-state index contributed by atoms with van der Waals surface area (Å²) in [7, 11) is 0. The molecule has 0 radical (unpaired) electrons. The Morgan fingerprint density at radius 3 is 2.94 bits per heavy atom. The number of aromatic nitrogens is 3. The normalized spacial score (nSPS) is 28.1. The maximum atomic E-state index is 12.0. The summed E-state index contributed by atoms with van der Waals surface area (Å²) in [5.74, 6) is 1.46. The predicted octanol–water partition coefficient (Wildman–Crippen LogP) is 0.552. The minimum absolute atomic E-state index is 0.168. The second kappa shape index (κ2) is 4.68. The molecule has 6 heteroatoms. The Hall–Kier alpha value is -1.43. The van der Waals surface area contributed by atoms with E-state index in [-0.39, 0.29) is 17.8 Å². The smallest absolute Gasteiger partial charge is 0.291 e. The largest absolute Gasteiger partial charge is 0.345 e. The van der Waals surface area contributed by atoms with Crippen LogP contribution in [0.1, 0.15) is 55.0 Å². The average molecular weight is 249 g/mol. The Kier molecular flexibility index (Phi) is 3.03. The summed E-state index contributed by atoms with van der Waals surface area (Å²) in [5.41, 5.74) is 0. The number of piperidine rings is 1. The molecule has 2 aliphatic rings. The lowest BCUT2D eigenvalue weighted by Gasteiger charge is -2.30. The highest BCUT2D eigenvalue weighted by Crippen LogP contribution is 2.37. The highest BCUT2D eigenvalue weighted by molar-refractivity contribution is 5.90. The first-order valence-corrected chi connectivity index (χ1v) is 6.70. The zero-order valence-corrected chi connectivity index (χ0v) is 10.6. The molecule has 1 amide bonds. The second-order valence-corrected chi connectivity index (χ2v) is 5.28. The molecule has 2 atom stereocenters. The van der Waals surface area contributed by atoms with E-state index in [4.69, 9.17) is 0 Å². The van der Waals surface area contributed by atoms with Gasteiger partial charge in [-0.15, -0.1) is 5.10 Å². The molecular weight excluding hydrogens is 230 g/mol. The molecular formula is C12H19N5O. The number of rotatable bonds is 3. The molecule has 3 N–H and O–H groups in total. The van der Waals surface area contributed by atoms with Crippen LogP contribution >= 0.6 is 0 Å². The van der Waals surface area contributed by atoms with Gasteiger partial charge in [-0.25, -0.2) is 4.98 Å². The van der Waals surface area contributed by atoms with Crippen molar-refractivity contribution in [3.63, 3.8) is 0 Å². The second-order valence-electron chi connectivity index (χ2n) is 5.28. The van der Waals surface area contributed by atoms with Crippen LogP contribution < -0.4 is 10.6 Å². The molecule has 0 aromatic carbocycles. The van der Waals surface area contributed by atoms with Gasteiger partial charge < -0.3 is 10.6 Å². The lowest BCUT2D eigenvalue weighted by molar-refractivity contribution is 0.0909. The quantitative estimate of drug-likeness (QED) is 0.730. The van der Waals surface area contributed by atoms with Crippen molar-refractivity contribution >= 4 is 5.91 Å². The molecule has 1 aromatic rings. The molecule has 0 bridgehead atoms. The van der Waals surface area contributed by atoms with Crippen LogP contribution in [0.3, 0.4) is 0 Å². The molecule has 98 valence electrons. The number of H-pyrrole nitrogens is 1. The van der Waals surface area contributed by atoms with E-state index in [1.165, 1.54) is 0 Å². The molecule has 1 aliphatic heterocycles. The first kappa shape index (κ1) is 11.6. The lowest BCUT2D eigenvalue weighted by atomic mass is 10.00. The first-order valence-electron chi connectivity index (χ1n) is 6.70. The minimum atomic E-state index is -0.168. The fourth-order valence-electron chi connectivity index (χ4n) is 2.39. The van der Waals surface area contributed by atoms with Crippen molar-refractivity contribution in [2.75, 3.05) is 6.54 Å². The van der Waals surface area contributed by atoms with Crippen LogP contribution in [0.15, 0.2) is 0 Å². The summed E-state index contributed by atoms with van der Waals surface area (Å²) >= 11 is 0. The van der Waals surface area contributed by atoms with Gasteiger partial charge in [0, 0.05) is 18.0 Å². The molecule has 18 heavy (non-hydrogen) atoms. The van der Waals surface area contributed by atoms with E-state index in [1.54, 1.807) is 0 Å². The van der Waals surface area contributed by atoms with Gasteiger partial charge in [0.15, 0.2) is 0 Å². The number of aromatic amines is 1. The maximum Gasteiger partial charge on any atom is 0.291 e. The number of hydrogen-bond donors (Lipinski definition) is 3. The van der Waals surface area contributed by atoms with E-state index in [0.717, 1.165) is 38.1 Å². The Morgan fingerprint density at radius 1 is 1.39 bits per heavy atom. The van der Waals surface area contributed by atoms with Crippen LogP contribution in [0.4, 0.5) is 0 Å². The fraction of sp³-hybridized carbons (Fsp3) is 0.750. The van der Waals surface area contributed by atoms with Gasteiger partial charge in [-0.3, -0.25) is 9.89 Å². The highest BCUT2D eigenvalue weighted by Gasteiger charge is 2.29. The summed E-state index contributed by atoms with van der Waals surface area (Å²) in [6.07, 6.45) is 4.41. The molecule has 1 saturated carbocycles. The summed E-state index contributed by atoms with van der Waals surface area (Å²) in [6, 6.07) is 0.485. The molecule has 1 aromatic heterocycles. The average Bonchev–Trinajstić information content (AvgIpc) is 3.10. The summed E-state index contributed by atoms with van der Waals surface area (Å²) < 4.78 is 0. The number of carbonyl (C=O) groups excluding carboxylic acids is 1. The fourth-order valence-corrected chi connectivity index (χ4v) is 2.39. The zero-order chi connectivity index (χ0) is 12.5. The number of carbonyl (C=O) groups is 1.